The second kappa shape index (κ2) is 11.2. The van der Waals surface area contributed by atoms with E-state index in [0.717, 1.165) is 21.5 Å². The Balaban J connectivity index is 1.54. The molecule has 0 saturated carbocycles. The number of anilines is 2. The standard InChI is InChI=1S/C29H29N3O6S/c1-35-19-8-6-18(7-9-19)32-26(33)14-11-21(27(32)17-5-13-23(37-3)24(15-17)38-4)28(34)31-29-30-22-12-10-20(36-2)16-25(22)39-29/h5-10,12-13,15-16,21,27H,11,14H2,1-4H3,(H,30,31,34)/t21-,27-/m1/s1. The van der Waals surface area contributed by atoms with Crippen LogP contribution in [0, 0.1) is 5.92 Å². The van der Waals surface area contributed by atoms with E-state index in [9.17, 15) is 9.59 Å². The lowest BCUT2D eigenvalue weighted by molar-refractivity contribution is -0.125. The molecule has 0 spiro atoms. The van der Waals surface area contributed by atoms with E-state index in [1.807, 2.05) is 42.5 Å². The maximum atomic E-state index is 13.8. The van der Waals surface area contributed by atoms with E-state index >= 15 is 0 Å². The predicted octanol–water partition coefficient (Wildman–Crippen LogP) is 5.45. The van der Waals surface area contributed by atoms with Crippen LogP contribution in [-0.4, -0.2) is 45.2 Å². The molecule has 3 aromatic carbocycles. The van der Waals surface area contributed by atoms with E-state index in [0.29, 0.717) is 34.5 Å². The second-order valence-electron chi connectivity index (χ2n) is 9.01. The maximum Gasteiger partial charge on any atom is 0.231 e. The highest BCUT2D eigenvalue weighted by Gasteiger charge is 2.42. The topological polar surface area (TPSA) is 99.2 Å². The Morgan fingerprint density at radius 2 is 1.62 bits per heavy atom. The Bertz CT molecular complexity index is 1500. The van der Waals surface area contributed by atoms with Gasteiger partial charge in [0, 0.05) is 12.1 Å². The van der Waals surface area contributed by atoms with E-state index in [2.05, 4.69) is 10.3 Å². The van der Waals surface area contributed by atoms with Gasteiger partial charge in [0.15, 0.2) is 16.6 Å². The van der Waals surface area contributed by atoms with Gasteiger partial charge >= 0.3 is 0 Å². The van der Waals surface area contributed by atoms with Crippen LogP contribution in [0.3, 0.4) is 0 Å². The lowest BCUT2D eigenvalue weighted by atomic mass is 9.83. The Kier molecular flexibility index (Phi) is 7.56. The number of ether oxygens (including phenoxy) is 4. The molecule has 1 fully saturated rings. The van der Waals surface area contributed by atoms with Crippen LogP contribution in [0.4, 0.5) is 10.8 Å². The van der Waals surface area contributed by atoms with Gasteiger partial charge in [-0.1, -0.05) is 17.4 Å². The molecule has 2 heterocycles. The van der Waals surface area contributed by atoms with Crippen LogP contribution in [0.5, 0.6) is 23.0 Å². The number of carbonyl (C=O) groups is 2. The number of hydrogen-bond acceptors (Lipinski definition) is 8. The number of benzene rings is 3. The lowest BCUT2D eigenvalue weighted by Gasteiger charge is -2.41. The Labute approximate surface area is 230 Å². The molecule has 10 heteroatoms. The fourth-order valence-electron chi connectivity index (χ4n) is 4.92. The van der Waals surface area contributed by atoms with Crippen molar-refractivity contribution < 1.29 is 28.5 Å². The number of rotatable bonds is 8. The molecule has 1 saturated heterocycles. The number of hydrogen-bond donors (Lipinski definition) is 1. The van der Waals surface area contributed by atoms with Gasteiger partial charge in [-0.3, -0.25) is 9.59 Å². The Hall–Kier alpha value is -4.31. The first-order valence-corrected chi connectivity index (χ1v) is 13.2. The van der Waals surface area contributed by atoms with Crippen molar-refractivity contribution >= 4 is 44.2 Å². The molecule has 0 bridgehead atoms. The minimum Gasteiger partial charge on any atom is -0.497 e. The summed E-state index contributed by atoms with van der Waals surface area (Å²) >= 11 is 1.37. The summed E-state index contributed by atoms with van der Waals surface area (Å²) in [6, 6.07) is 17.7. The molecule has 0 unspecified atom stereocenters. The van der Waals surface area contributed by atoms with Gasteiger partial charge in [0.05, 0.1) is 50.6 Å². The highest BCUT2D eigenvalue weighted by Crippen LogP contribution is 2.43. The van der Waals surface area contributed by atoms with Gasteiger partial charge in [-0.2, -0.15) is 0 Å². The number of nitrogens with one attached hydrogen (secondary N) is 1. The monoisotopic (exact) mass is 547 g/mol. The Morgan fingerprint density at radius 3 is 2.31 bits per heavy atom. The molecule has 4 aromatic rings. The van der Waals surface area contributed by atoms with Crippen molar-refractivity contribution in [3.05, 3.63) is 66.2 Å². The number of carbonyl (C=O) groups excluding carboxylic acids is 2. The minimum absolute atomic E-state index is 0.0731. The molecule has 5 rings (SSSR count). The van der Waals surface area contributed by atoms with Crippen molar-refractivity contribution in [2.75, 3.05) is 38.7 Å². The van der Waals surface area contributed by atoms with Crippen LogP contribution < -0.4 is 29.2 Å². The number of thiazole rings is 1. The third kappa shape index (κ3) is 5.20. The van der Waals surface area contributed by atoms with Crippen LogP contribution in [-0.2, 0) is 9.59 Å². The predicted molar refractivity (Wildman–Crippen MR) is 150 cm³/mol. The van der Waals surface area contributed by atoms with E-state index in [4.69, 9.17) is 18.9 Å². The molecule has 1 aliphatic heterocycles. The van der Waals surface area contributed by atoms with Crippen molar-refractivity contribution in [1.29, 1.82) is 0 Å². The molecule has 0 radical (unpaired) electrons. The fraction of sp³-hybridized carbons (Fsp3) is 0.276. The SMILES string of the molecule is COc1ccc(N2C(=O)CC[C@@H](C(=O)Nc3nc4ccc(OC)cc4s3)[C@H]2c2ccc(OC)c(OC)c2)cc1. The zero-order chi connectivity index (χ0) is 27.5. The van der Waals surface area contributed by atoms with Gasteiger partial charge < -0.3 is 29.2 Å². The quantitative estimate of drug-likeness (QED) is 0.313. The number of fused-ring (bicyclic) bond motifs is 1. The van der Waals surface area contributed by atoms with E-state index in [1.165, 1.54) is 11.3 Å². The average molecular weight is 548 g/mol. The summed E-state index contributed by atoms with van der Waals surface area (Å²) in [6.45, 7) is 0. The molecular formula is C29H29N3O6S. The van der Waals surface area contributed by atoms with Gasteiger partial charge in [-0.25, -0.2) is 4.98 Å². The summed E-state index contributed by atoms with van der Waals surface area (Å²) in [7, 11) is 6.32. The van der Waals surface area contributed by atoms with Gasteiger partial charge in [-0.05, 0) is 66.6 Å². The number of piperidine rings is 1. The second-order valence-corrected chi connectivity index (χ2v) is 10.0. The Morgan fingerprint density at radius 1 is 0.897 bits per heavy atom. The summed E-state index contributed by atoms with van der Waals surface area (Å²) in [5.41, 5.74) is 2.20. The fourth-order valence-corrected chi connectivity index (χ4v) is 5.81. The van der Waals surface area contributed by atoms with Crippen molar-refractivity contribution in [2.45, 2.75) is 18.9 Å². The van der Waals surface area contributed by atoms with E-state index in [-0.39, 0.29) is 18.2 Å². The van der Waals surface area contributed by atoms with Crippen LogP contribution >= 0.6 is 11.3 Å². The van der Waals surface area contributed by atoms with Crippen molar-refractivity contribution in [3.63, 3.8) is 0 Å². The summed E-state index contributed by atoms with van der Waals surface area (Å²) < 4.78 is 22.5. The van der Waals surface area contributed by atoms with Gasteiger partial charge in [0.2, 0.25) is 11.8 Å². The van der Waals surface area contributed by atoms with Crippen LogP contribution in [0.25, 0.3) is 10.2 Å². The molecule has 1 aliphatic rings. The minimum atomic E-state index is -0.589. The zero-order valence-corrected chi connectivity index (χ0v) is 22.9. The number of amides is 2. The normalized spacial score (nSPS) is 17.1. The molecule has 0 aliphatic carbocycles. The first kappa shape index (κ1) is 26.3. The van der Waals surface area contributed by atoms with Gasteiger partial charge in [0.1, 0.15) is 11.5 Å². The summed E-state index contributed by atoms with van der Waals surface area (Å²) in [5, 5.41) is 3.50. The maximum absolute atomic E-state index is 13.8. The van der Waals surface area contributed by atoms with Crippen molar-refractivity contribution in [1.82, 2.24) is 4.98 Å². The third-order valence-electron chi connectivity index (χ3n) is 6.86. The first-order chi connectivity index (χ1) is 18.9. The van der Waals surface area contributed by atoms with Crippen LogP contribution in [0.15, 0.2) is 60.7 Å². The van der Waals surface area contributed by atoms with Gasteiger partial charge in [-0.15, -0.1) is 0 Å². The largest absolute Gasteiger partial charge is 0.497 e. The van der Waals surface area contributed by atoms with Crippen LogP contribution in [0.2, 0.25) is 0 Å². The highest BCUT2D eigenvalue weighted by molar-refractivity contribution is 7.22. The number of aromatic nitrogens is 1. The highest BCUT2D eigenvalue weighted by atomic mass is 32.1. The molecule has 1 aromatic heterocycles. The van der Waals surface area contributed by atoms with Crippen LogP contribution in [0.1, 0.15) is 24.4 Å². The van der Waals surface area contributed by atoms with E-state index < -0.39 is 12.0 Å². The smallest absolute Gasteiger partial charge is 0.231 e. The molecule has 9 nitrogen and oxygen atoms in total. The van der Waals surface area contributed by atoms with Gasteiger partial charge in [0.25, 0.3) is 0 Å². The summed E-state index contributed by atoms with van der Waals surface area (Å²) in [4.78, 5) is 33.5. The molecular weight excluding hydrogens is 518 g/mol. The molecule has 1 N–H and O–H groups in total. The van der Waals surface area contributed by atoms with E-state index in [1.54, 1.807) is 51.5 Å². The number of nitrogens with zero attached hydrogens (tertiary/aromatic N) is 2. The zero-order valence-electron chi connectivity index (χ0n) is 22.1. The lowest BCUT2D eigenvalue weighted by Crippen LogP contribution is -2.47. The molecule has 39 heavy (non-hydrogen) atoms. The summed E-state index contributed by atoms with van der Waals surface area (Å²) in [6.07, 6.45) is 0.611. The molecule has 2 atom stereocenters. The third-order valence-corrected chi connectivity index (χ3v) is 7.79. The van der Waals surface area contributed by atoms with Crippen molar-refractivity contribution in [3.8, 4) is 23.0 Å². The summed E-state index contributed by atoms with van der Waals surface area (Å²) in [5.74, 6) is 1.63. The molecule has 2 amide bonds. The molecule has 202 valence electrons. The number of methoxy groups -OCH3 is 4. The van der Waals surface area contributed by atoms with Crippen molar-refractivity contribution in [2.24, 2.45) is 5.92 Å². The first-order valence-electron chi connectivity index (χ1n) is 12.4. The average Bonchev–Trinajstić information content (AvgIpc) is 3.37.